The molecule has 1 aliphatic heterocycles. The zero-order valence-electron chi connectivity index (χ0n) is 13.3. The monoisotopic (exact) mass is 323 g/mol. The molecule has 0 saturated carbocycles. The lowest BCUT2D eigenvalue weighted by atomic mass is 9.89. The highest BCUT2D eigenvalue weighted by atomic mass is 16.3. The van der Waals surface area contributed by atoms with Gasteiger partial charge < -0.3 is 10.0 Å². The molecule has 122 valence electrons. The second-order valence-electron chi connectivity index (χ2n) is 6.22. The number of pyridine rings is 1. The van der Waals surface area contributed by atoms with Gasteiger partial charge in [0.25, 0.3) is 5.91 Å². The molecule has 0 spiro atoms. The van der Waals surface area contributed by atoms with E-state index >= 15 is 0 Å². The molecule has 1 saturated heterocycles. The van der Waals surface area contributed by atoms with Crippen LogP contribution in [0.25, 0.3) is 5.65 Å². The summed E-state index contributed by atoms with van der Waals surface area (Å²) in [6, 6.07) is 11.1. The molecule has 1 aromatic carbocycles. The van der Waals surface area contributed by atoms with Gasteiger partial charge in [0, 0.05) is 18.3 Å². The standard InChI is InChI=1S/C17H17N5O2/c1-12-4-2-3-5-14(12)17(24)7-9-21(11-17)16(23)13-6-8-22-15(10-13)18-19-20-22/h2-6,8,10,24H,7,9,11H2,1H3. The molecule has 0 aliphatic carbocycles. The number of rotatable bonds is 2. The molecule has 4 rings (SSSR count). The summed E-state index contributed by atoms with van der Waals surface area (Å²) in [7, 11) is 0. The van der Waals surface area contributed by atoms with Crippen LogP contribution in [-0.4, -0.2) is 49.0 Å². The fourth-order valence-electron chi connectivity index (χ4n) is 3.34. The number of carbonyl (C=O) groups excluding carboxylic acids is 1. The average Bonchev–Trinajstić information content (AvgIpc) is 3.21. The van der Waals surface area contributed by atoms with Gasteiger partial charge in [0.05, 0.1) is 6.54 Å². The molecule has 3 heterocycles. The van der Waals surface area contributed by atoms with Crippen molar-refractivity contribution in [3.05, 3.63) is 59.3 Å². The van der Waals surface area contributed by atoms with Crippen molar-refractivity contribution in [2.24, 2.45) is 0 Å². The van der Waals surface area contributed by atoms with Crippen LogP contribution in [0.3, 0.4) is 0 Å². The summed E-state index contributed by atoms with van der Waals surface area (Å²) in [5.74, 6) is -0.120. The fourth-order valence-corrected chi connectivity index (χ4v) is 3.34. The van der Waals surface area contributed by atoms with E-state index in [4.69, 9.17) is 0 Å². The predicted octanol–water partition coefficient (Wildman–Crippen LogP) is 1.17. The van der Waals surface area contributed by atoms with Crippen molar-refractivity contribution >= 4 is 11.6 Å². The minimum Gasteiger partial charge on any atom is -0.383 e. The van der Waals surface area contributed by atoms with Crippen molar-refractivity contribution in [1.82, 2.24) is 24.9 Å². The largest absolute Gasteiger partial charge is 0.383 e. The van der Waals surface area contributed by atoms with E-state index in [-0.39, 0.29) is 12.5 Å². The number of aliphatic hydroxyl groups is 1. The van der Waals surface area contributed by atoms with Gasteiger partial charge in [-0.25, -0.2) is 4.52 Å². The zero-order chi connectivity index (χ0) is 16.7. The third-order valence-electron chi connectivity index (χ3n) is 4.63. The van der Waals surface area contributed by atoms with Crippen molar-refractivity contribution in [2.45, 2.75) is 18.9 Å². The third kappa shape index (κ3) is 2.33. The Kier molecular flexibility index (Phi) is 3.31. The molecule has 3 aromatic rings. The van der Waals surface area contributed by atoms with Crippen molar-refractivity contribution < 1.29 is 9.90 Å². The topological polar surface area (TPSA) is 83.6 Å². The molecular weight excluding hydrogens is 306 g/mol. The molecule has 7 heteroatoms. The van der Waals surface area contributed by atoms with Crippen molar-refractivity contribution in [3.8, 4) is 0 Å². The maximum atomic E-state index is 12.8. The number of tetrazole rings is 1. The first-order valence-corrected chi connectivity index (χ1v) is 7.82. The van der Waals surface area contributed by atoms with Crippen molar-refractivity contribution in [1.29, 1.82) is 0 Å². The van der Waals surface area contributed by atoms with Gasteiger partial charge in [0.2, 0.25) is 0 Å². The van der Waals surface area contributed by atoms with E-state index in [9.17, 15) is 9.90 Å². The Morgan fingerprint density at radius 2 is 2.12 bits per heavy atom. The highest BCUT2D eigenvalue weighted by molar-refractivity contribution is 5.95. The number of nitrogens with zero attached hydrogens (tertiary/aromatic N) is 5. The maximum absolute atomic E-state index is 12.8. The Morgan fingerprint density at radius 1 is 1.29 bits per heavy atom. The van der Waals surface area contributed by atoms with Crippen LogP contribution in [0.5, 0.6) is 0 Å². The molecule has 0 radical (unpaired) electrons. The lowest BCUT2D eigenvalue weighted by Crippen LogP contribution is -2.34. The minimum atomic E-state index is -0.998. The number of carbonyl (C=O) groups is 1. The van der Waals surface area contributed by atoms with Crippen LogP contribution in [0.1, 0.15) is 27.9 Å². The van der Waals surface area contributed by atoms with E-state index in [2.05, 4.69) is 15.5 Å². The van der Waals surface area contributed by atoms with Gasteiger partial charge in [-0.2, -0.15) is 0 Å². The molecule has 0 bridgehead atoms. The maximum Gasteiger partial charge on any atom is 0.254 e. The normalized spacial score (nSPS) is 20.7. The number of fused-ring (bicyclic) bond motifs is 1. The molecule has 1 aliphatic rings. The van der Waals surface area contributed by atoms with Crippen molar-refractivity contribution in [3.63, 3.8) is 0 Å². The number of likely N-dealkylation sites (tertiary alicyclic amines) is 1. The molecular formula is C17H17N5O2. The average molecular weight is 323 g/mol. The number of aromatic nitrogens is 4. The molecule has 1 atom stereocenters. The smallest absolute Gasteiger partial charge is 0.254 e. The molecule has 2 aromatic heterocycles. The second kappa shape index (κ2) is 5.38. The van der Waals surface area contributed by atoms with E-state index < -0.39 is 5.60 Å². The number of amides is 1. The number of aryl methyl sites for hydroxylation is 1. The van der Waals surface area contributed by atoms with E-state index in [1.165, 1.54) is 4.52 Å². The van der Waals surface area contributed by atoms with E-state index in [0.717, 1.165) is 11.1 Å². The van der Waals surface area contributed by atoms with Crippen molar-refractivity contribution in [2.75, 3.05) is 13.1 Å². The minimum absolute atomic E-state index is 0.120. The van der Waals surface area contributed by atoms with Crippen LogP contribution in [0.4, 0.5) is 0 Å². The summed E-state index contributed by atoms with van der Waals surface area (Å²) in [6.07, 6.45) is 2.19. The van der Waals surface area contributed by atoms with Crippen LogP contribution >= 0.6 is 0 Å². The number of hydrogen-bond acceptors (Lipinski definition) is 5. The Balaban J connectivity index is 1.60. The third-order valence-corrected chi connectivity index (χ3v) is 4.63. The van der Waals surface area contributed by atoms with E-state index in [0.29, 0.717) is 24.2 Å². The van der Waals surface area contributed by atoms with Crippen LogP contribution in [0.2, 0.25) is 0 Å². The fraction of sp³-hybridized carbons (Fsp3) is 0.294. The summed E-state index contributed by atoms with van der Waals surface area (Å²) in [5, 5.41) is 22.2. The first-order chi connectivity index (χ1) is 11.6. The molecule has 1 unspecified atom stereocenters. The van der Waals surface area contributed by atoms with Gasteiger partial charge in [-0.15, -0.1) is 5.10 Å². The van der Waals surface area contributed by atoms with Gasteiger partial charge in [-0.3, -0.25) is 4.79 Å². The van der Waals surface area contributed by atoms with Crippen LogP contribution in [0.15, 0.2) is 42.6 Å². The van der Waals surface area contributed by atoms with Gasteiger partial charge in [0.1, 0.15) is 5.60 Å². The van der Waals surface area contributed by atoms with Gasteiger partial charge >= 0.3 is 0 Å². The summed E-state index contributed by atoms with van der Waals surface area (Å²) in [6.45, 7) is 2.77. The van der Waals surface area contributed by atoms with Crippen LogP contribution in [-0.2, 0) is 5.60 Å². The summed E-state index contributed by atoms with van der Waals surface area (Å²) in [4.78, 5) is 14.4. The quantitative estimate of drug-likeness (QED) is 0.765. The summed E-state index contributed by atoms with van der Waals surface area (Å²) in [5.41, 5.74) is 1.96. The SMILES string of the molecule is Cc1ccccc1C1(O)CCN(C(=O)c2ccn3nnnc3c2)C1. The molecule has 1 fully saturated rings. The lowest BCUT2D eigenvalue weighted by Gasteiger charge is -2.25. The molecule has 7 nitrogen and oxygen atoms in total. The summed E-state index contributed by atoms with van der Waals surface area (Å²) < 4.78 is 1.50. The Morgan fingerprint density at radius 3 is 2.96 bits per heavy atom. The van der Waals surface area contributed by atoms with Gasteiger partial charge in [-0.1, -0.05) is 24.3 Å². The molecule has 24 heavy (non-hydrogen) atoms. The van der Waals surface area contributed by atoms with Crippen LogP contribution < -0.4 is 0 Å². The zero-order valence-corrected chi connectivity index (χ0v) is 13.3. The Labute approximate surface area is 138 Å². The van der Waals surface area contributed by atoms with E-state index in [1.807, 2.05) is 31.2 Å². The van der Waals surface area contributed by atoms with Gasteiger partial charge in [-0.05, 0) is 47.0 Å². The van der Waals surface area contributed by atoms with Gasteiger partial charge in [0.15, 0.2) is 5.65 Å². The number of hydrogen-bond donors (Lipinski definition) is 1. The highest BCUT2D eigenvalue weighted by Crippen LogP contribution is 2.34. The predicted molar refractivity (Wildman–Crippen MR) is 86.4 cm³/mol. The first-order valence-electron chi connectivity index (χ1n) is 7.82. The molecule has 1 N–H and O–H groups in total. The van der Waals surface area contributed by atoms with Crippen LogP contribution in [0, 0.1) is 6.92 Å². The first kappa shape index (κ1) is 14.8. The highest BCUT2D eigenvalue weighted by Gasteiger charge is 2.40. The number of β-amino-alcohol motifs (C(OH)–C–C–N with tert-alkyl or cyclic N) is 1. The summed E-state index contributed by atoms with van der Waals surface area (Å²) >= 11 is 0. The van der Waals surface area contributed by atoms with E-state index in [1.54, 1.807) is 23.2 Å². The Hall–Kier alpha value is -2.80. The molecule has 1 amide bonds. The lowest BCUT2D eigenvalue weighted by molar-refractivity contribution is 0.0412. The Bertz CT molecular complexity index is 922. The number of benzene rings is 1. The second-order valence-corrected chi connectivity index (χ2v) is 6.22.